The van der Waals surface area contributed by atoms with Crippen LogP contribution in [0.3, 0.4) is 0 Å². The Hall–Kier alpha value is -2.62. The van der Waals surface area contributed by atoms with Gasteiger partial charge in [0.1, 0.15) is 0 Å². The summed E-state index contributed by atoms with van der Waals surface area (Å²) in [7, 11) is 0. The normalized spacial score (nSPS) is 11.6. The molecule has 0 fully saturated rings. The molecule has 2 rings (SSSR count). The van der Waals surface area contributed by atoms with Crippen molar-refractivity contribution < 1.29 is 14.3 Å². The van der Waals surface area contributed by atoms with Crippen molar-refractivity contribution in [1.29, 1.82) is 0 Å². The predicted octanol–water partition coefficient (Wildman–Crippen LogP) is 3.59. The van der Waals surface area contributed by atoms with Crippen molar-refractivity contribution in [2.75, 3.05) is 6.61 Å². The Morgan fingerprint density at radius 3 is 2.38 bits per heavy atom. The van der Waals surface area contributed by atoms with E-state index >= 15 is 0 Å². The van der Waals surface area contributed by atoms with Crippen molar-refractivity contribution in [3.05, 3.63) is 70.8 Å². The highest BCUT2D eigenvalue weighted by molar-refractivity contribution is 5.92. The van der Waals surface area contributed by atoms with E-state index in [1.165, 1.54) is 5.56 Å². The SMILES string of the molecule is CCc1ccc([C@H](C)NC(=O)COC(=O)c2ccccc2C)cc1. The molecule has 0 aliphatic heterocycles. The van der Waals surface area contributed by atoms with Crippen LogP contribution in [0.5, 0.6) is 0 Å². The first-order valence-electron chi connectivity index (χ1n) is 8.12. The third kappa shape index (κ3) is 4.69. The van der Waals surface area contributed by atoms with Crippen LogP contribution in [0, 0.1) is 6.92 Å². The second-order valence-corrected chi connectivity index (χ2v) is 5.78. The molecule has 2 aromatic carbocycles. The largest absolute Gasteiger partial charge is 0.452 e. The van der Waals surface area contributed by atoms with E-state index in [1.807, 2.05) is 38.1 Å². The summed E-state index contributed by atoms with van der Waals surface area (Å²) in [6.45, 7) is 5.55. The van der Waals surface area contributed by atoms with Gasteiger partial charge < -0.3 is 10.1 Å². The minimum Gasteiger partial charge on any atom is -0.452 e. The van der Waals surface area contributed by atoms with Crippen LogP contribution >= 0.6 is 0 Å². The van der Waals surface area contributed by atoms with E-state index in [0.29, 0.717) is 5.56 Å². The fourth-order valence-electron chi connectivity index (χ4n) is 2.42. The molecule has 1 amide bonds. The molecule has 126 valence electrons. The van der Waals surface area contributed by atoms with Crippen LogP contribution in [-0.2, 0) is 16.0 Å². The number of hydrogen-bond donors (Lipinski definition) is 1. The second-order valence-electron chi connectivity index (χ2n) is 5.78. The molecule has 2 aromatic rings. The van der Waals surface area contributed by atoms with Gasteiger partial charge in [-0.3, -0.25) is 4.79 Å². The van der Waals surface area contributed by atoms with Crippen LogP contribution in [0.2, 0.25) is 0 Å². The zero-order valence-corrected chi connectivity index (χ0v) is 14.3. The van der Waals surface area contributed by atoms with Crippen LogP contribution < -0.4 is 5.32 Å². The first kappa shape index (κ1) is 17.7. The van der Waals surface area contributed by atoms with Gasteiger partial charge in [0.2, 0.25) is 0 Å². The van der Waals surface area contributed by atoms with Crippen LogP contribution in [0.15, 0.2) is 48.5 Å². The molecule has 0 unspecified atom stereocenters. The molecule has 24 heavy (non-hydrogen) atoms. The molecule has 4 heteroatoms. The standard InChI is InChI=1S/C20H23NO3/c1-4-16-9-11-17(12-10-16)15(3)21-19(22)13-24-20(23)18-8-6-5-7-14(18)2/h5-12,15H,4,13H2,1-3H3,(H,21,22)/t15-/m0/s1. The first-order chi connectivity index (χ1) is 11.5. The lowest BCUT2D eigenvalue weighted by atomic mass is 10.1. The maximum absolute atomic E-state index is 12.0. The fraction of sp³-hybridized carbons (Fsp3) is 0.300. The smallest absolute Gasteiger partial charge is 0.338 e. The minimum absolute atomic E-state index is 0.138. The highest BCUT2D eigenvalue weighted by Crippen LogP contribution is 2.14. The molecule has 0 radical (unpaired) electrons. The number of ether oxygens (including phenoxy) is 1. The van der Waals surface area contributed by atoms with Gasteiger partial charge in [-0.2, -0.15) is 0 Å². The quantitative estimate of drug-likeness (QED) is 0.826. The first-order valence-corrected chi connectivity index (χ1v) is 8.12. The minimum atomic E-state index is -0.483. The van der Waals surface area contributed by atoms with Crippen LogP contribution in [0.4, 0.5) is 0 Å². The van der Waals surface area contributed by atoms with Crippen molar-refractivity contribution in [2.45, 2.75) is 33.2 Å². The van der Waals surface area contributed by atoms with Gasteiger partial charge in [-0.15, -0.1) is 0 Å². The molecule has 4 nitrogen and oxygen atoms in total. The summed E-state index contributed by atoms with van der Waals surface area (Å²) in [6.07, 6.45) is 0.982. The van der Waals surface area contributed by atoms with Gasteiger partial charge in [0, 0.05) is 0 Å². The topological polar surface area (TPSA) is 55.4 Å². The Bertz CT molecular complexity index is 707. The summed E-state index contributed by atoms with van der Waals surface area (Å²) < 4.78 is 5.09. The van der Waals surface area contributed by atoms with Crippen molar-refractivity contribution >= 4 is 11.9 Å². The van der Waals surface area contributed by atoms with Crippen molar-refractivity contribution in [3.8, 4) is 0 Å². The number of nitrogens with one attached hydrogen (secondary N) is 1. The Morgan fingerprint density at radius 2 is 1.75 bits per heavy atom. The third-order valence-corrected chi connectivity index (χ3v) is 3.96. The number of aryl methyl sites for hydroxylation is 2. The predicted molar refractivity (Wildman–Crippen MR) is 93.8 cm³/mol. The summed E-state index contributed by atoms with van der Waals surface area (Å²) >= 11 is 0. The lowest BCUT2D eigenvalue weighted by Gasteiger charge is -2.15. The van der Waals surface area contributed by atoms with E-state index in [9.17, 15) is 9.59 Å². The monoisotopic (exact) mass is 325 g/mol. The van der Waals surface area contributed by atoms with Crippen LogP contribution in [0.25, 0.3) is 0 Å². The van der Waals surface area contributed by atoms with E-state index in [0.717, 1.165) is 17.5 Å². The molecule has 0 aliphatic rings. The van der Waals surface area contributed by atoms with Crippen molar-refractivity contribution in [3.63, 3.8) is 0 Å². The molecule has 0 bridgehead atoms. The third-order valence-electron chi connectivity index (χ3n) is 3.96. The lowest BCUT2D eigenvalue weighted by molar-refractivity contribution is -0.124. The van der Waals surface area contributed by atoms with Gasteiger partial charge in [-0.25, -0.2) is 4.79 Å². The Balaban J connectivity index is 1.86. The number of benzene rings is 2. The maximum atomic E-state index is 12.0. The molecule has 0 aliphatic carbocycles. The molecular weight excluding hydrogens is 302 g/mol. The van der Waals surface area contributed by atoms with Crippen LogP contribution in [-0.4, -0.2) is 18.5 Å². The summed E-state index contributed by atoms with van der Waals surface area (Å²) in [6, 6.07) is 15.1. The van der Waals surface area contributed by atoms with E-state index in [-0.39, 0.29) is 18.6 Å². The summed E-state index contributed by atoms with van der Waals surface area (Å²) in [5.41, 5.74) is 3.58. The number of carbonyl (C=O) groups is 2. The molecule has 1 atom stereocenters. The molecule has 0 aromatic heterocycles. The van der Waals surface area contributed by atoms with Gasteiger partial charge >= 0.3 is 5.97 Å². The highest BCUT2D eigenvalue weighted by atomic mass is 16.5. The summed E-state index contributed by atoms with van der Waals surface area (Å²) in [5.74, 6) is -0.799. The van der Waals surface area contributed by atoms with E-state index in [4.69, 9.17) is 4.74 Å². The molecule has 0 spiro atoms. The highest BCUT2D eigenvalue weighted by Gasteiger charge is 2.14. The fourth-order valence-corrected chi connectivity index (χ4v) is 2.42. The Kier molecular flexibility index (Phi) is 6.13. The zero-order chi connectivity index (χ0) is 17.5. The average Bonchev–Trinajstić information content (AvgIpc) is 2.60. The lowest BCUT2D eigenvalue weighted by Crippen LogP contribution is -2.31. The number of hydrogen-bond acceptors (Lipinski definition) is 3. The Labute approximate surface area is 142 Å². The Morgan fingerprint density at radius 1 is 1.08 bits per heavy atom. The molecule has 0 saturated carbocycles. The van der Waals surface area contributed by atoms with Crippen molar-refractivity contribution in [2.24, 2.45) is 0 Å². The number of rotatable bonds is 6. The number of amides is 1. The maximum Gasteiger partial charge on any atom is 0.338 e. The molecule has 0 saturated heterocycles. The molecule has 1 N–H and O–H groups in total. The van der Waals surface area contributed by atoms with E-state index < -0.39 is 5.97 Å². The molecular formula is C20H23NO3. The van der Waals surface area contributed by atoms with Gasteiger partial charge in [-0.05, 0) is 43.0 Å². The zero-order valence-electron chi connectivity index (χ0n) is 14.3. The van der Waals surface area contributed by atoms with E-state index in [1.54, 1.807) is 12.1 Å². The summed E-state index contributed by atoms with van der Waals surface area (Å²) in [5, 5.41) is 2.84. The number of esters is 1. The van der Waals surface area contributed by atoms with E-state index in [2.05, 4.69) is 24.4 Å². The second kappa shape index (κ2) is 8.29. The molecule has 0 heterocycles. The summed E-state index contributed by atoms with van der Waals surface area (Å²) in [4.78, 5) is 24.0. The average molecular weight is 325 g/mol. The van der Waals surface area contributed by atoms with Crippen LogP contribution in [0.1, 0.15) is 46.9 Å². The van der Waals surface area contributed by atoms with Gasteiger partial charge in [0.15, 0.2) is 6.61 Å². The van der Waals surface area contributed by atoms with Gasteiger partial charge in [0.25, 0.3) is 5.91 Å². The van der Waals surface area contributed by atoms with Crippen molar-refractivity contribution in [1.82, 2.24) is 5.32 Å². The van der Waals surface area contributed by atoms with Gasteiger partial charge in [0.05, 0.1) is 11.6 Å². The number of carbonyl (C=O) groups excluding carboxylic acids is 2. The van der Waals surface area contributed by atoms with Gasteiger partial charge in [-0.1, -0.05) is 49.4 Å².